The van der Waals surface area contributed by atoms with E-state index in [1.807, 2.05) is 35.2 Å². The Hall–Kier alpha value is -2.34. The zero-order valence-electron chi connectivity index (χ0n) is 14.9. The first-order chi connectivity index (χ1) is 12.6. The van der Waals surface area contributed by atoms with Gasteiger partial charge in [0, 0.05) is 26.1 Å². The minimum Gasteiger partial charge on any atom is -0.351 e. The Labute approximate surface area is 158 Å². The Kier molecular flexibility index (Phi) is 5.93. The second-order valence-electron chi connectivity index (χ2n) is 6.49. The number of hydrogen-bond acceptors (Lipinski definition) is 3. The van der Waals surface area contributed by atoms with E-state index in [0.29, 0.717) is 35.9 Å². The number of hydrogen-bond donors (Lipinski definition) is 1. The molecule has 1 fully saturated rings. The molecule has 6 nitrogen and oxygen atoms in total. The first-order valence-electron chi connectivity index (χ1n) is 8.89. The number of halogens is 1. The predicted molar refractivity (Wildman–Crippen MR) is 100 cm³/mol. The molecule has 0 saturated carbocycles. The van der Waals surface area contributed by atoms with Gasteiger partial charge in [-0.15, -0.1) is 0 Å². The molecule has 7 heteroatoms. The maximum atomic E-state index is 12.5. The van der Waals surface area contributed by atoms with Crippen LogP contribution in [-0.4, -0.2) is 46.1 Å². The molecule has 0 unspecified atom stereocenters. The van der Waals surface area contributed by atoms with Crippen LogP contribution in [0.1, 0.15) is 40.9 Å². The largest absolute Gasteiger partial charge is 0.351 e. The van der Waals surface area contributed by atoms with Crippen LogP contribution in [-0.2, 0) is 11.3 Å². The van der Waals surface area contributed by atoms with Crippen molar-refractivity contribution in [1.82, 2.24) is 20.0 Å². The van der Waals surface area contributed by atoms with Gasteiger partial charge in [0.2, 0.25) is 5.91 Å². The number of aromatic nitrogens is 2. The first-order valence-corrected chi connectivity index (χ1v) is 9.27. The summed E-state index contributed by atoms with van der Waals surface area (Å²) in [6, 6.07) is 9.81. The molecule has 1 N–H and O–H groups in total. The number of aryl methyl sites for hydroxylation is 1. The quantitative estimate of drug-likeness (QED) is 0.845. The van der Waals surface area contributed by atoms with E-state index in [-0.39, 0.29) is 11.8 Å². The summed E-state index contributed by atoms with van der Waals surface area (Å²) >= 11 is 6.38. The highest BCUT2D eigenvalue weighted by Gasteiger charge is 2.21. The molecule has 1 aliphatic rings. The van der Waals surface area contributed by atoms with Gasteiger partial charge < -0.3 is 10.2 Å². The molecule has 3 rings (SSSR count). The molecule has 26 heavy (non-hydrogen) atoms. The topological polar surface area (TPSA) is 67.2 Å². The summed E-state index contributed by atoms with van der Waals surface area (Å²) in [7, 11) is 0. The van der Waals surface area contributed by atoms with E-state index >= 15 is 0 Å². The summed E-state index contributed by atoms with van der Waals surface area (Å²) in [4.78, 5) is 26.4. The van der Waals surface area contributed by atoms with Crippen molar-refractivity contribution in [3.63, 3.8) is 0 Å². The SMILES string of the molecule is Cc1nn(Cc2ccccc2)c(Cl)c1C(=O)NCCC(=O)N1CCCC1. The summed E-state index contributed by atoms with van der Waals surface area (Å²) in [6.45, 7) is 4.21. The van der Waals surface area contributed by atoms with Crippen LogP contribution >= 0.6 is 11.6 Å². The standard InChI is InChI=1S/C19H23ClN4O2/c1-14-17(18(20)24(22-14)13-15-7-3-2-4-8-15)19(26)21-10-9-16(25)23-11-5-6-12-23/h2-4,7-8H,5-6,9-13H2,1H3,(H,21,26). The average molecular weight is 375 g/mol. The molecule has 0 bridgehead atoms. The maximum Gasteiger partial charge on any atom is 0.256 e. The van der Waals surface area contributed by atoms with Gasteiger partial charge >= 0.3 is 0 Å². The zero-order valence-corrected chi connectivity index (χ0v) is 15.6. The van der Waals surface area contributed by atoms with E-state index in [0.717, 1.165) is 31.5 Å². The van der Waals surface area contributed by atoms with Crippen molar-refractivity contribution in [1.29, 1.82) is 0 Å². The minimum atomic E-state index is -0.291. The van der Waals surface area contributed by atoms with E-state index in [9.17, 15) is 9.59 Å². The van der Waals surface area contributed by atoms with E-state index < -0.39 is 0 Å². The lowest BCUT2D eigenvalue weighted by atomic mass is 10.2. The third-order valence-corrected chi connectivity index (χ3v) is 4.93. The molecular weight excluding hydrogens is 352 g/mol. The number of nitrogens with zero attached hydrogens (tertiary/aromatic N) is 3. The third kappa shape index (κ3) is 4.25. The number of carbonyl (C=O) groups excluding carboxylic acids is 2. The fourth-order valence-corrected chi connectivity index (χ4v) is 3.49. The van der Waals surface area contributed by atoms with Gasteiger partial charge in [-0.25, -0.2) is 4.68 Å². The van der Waals surface area contributed by atoms with Crippen LogP contribution in [0.3, 0.4) is 0 Å². The monoisotopic (exact) mass is 374 g/mol. The Morgan fingerprint density at radius 3 is 2.58 bits per heavy atom. The summed E-state index contributed by atoms with van der Waals surface area (Å²) in [5.74, 6) is -0.202. The Morgan fingerprint density at radius 2 is 1.88 bits per heavy atom. The summed E-state index contributed by atoms with van der Waals surface area (Å²) in [5, 5.41) is 7.48. The van der Waals surface area contributed by atoms with Gasteiger partial charge in [-0.2, -0.15) is 5.10 Å². The molecule has 0 spiro atoms. The second-order valence-corrected chi connectivity index (χ2v) is 6.85. The summed E-state index contributed by atoms with van der Waals surface area (Å²) in [6.07, 6.45) is 2.43. The smallest absolute Gasteiger partial charge is 0.256 e. The van der Waals surface area contributed by atoms with Crippen molar-refractivity contribution in [3.05, 3.63) is 52.3 Å². The van der Waals surface area contributed by atoms with Gasteiger partial charge in [0.1, 0.15) is 5.15 Å². The lowest BCUT2D eigenvalue weighted by Crippen LogP contribution is -2.32. The van der Waals surface area contributed by atoms with Crippen molar-refractivity contribution in [3.8, 4) is 0 Å². The molecule has 2 aromatic rings. The lowest BCUT2D eigenvalue weighted by molar-refractivity contribution is -0.129. The average Bonchev–Trinajstić information content (AvgIpc) is 3.25. The third-order valence-electron chi connectivity index (χ3n) is 4.55. The van der Waals surface area contributed by atoms with Crippen molar-refractivity contribution in [2.75, 3.05) is 19.6 Å². The van der Waals surface area contributed by atoms with Crippen LogP contribution in [0.5, 0.6) is 0 Å². The number of likely N-dealkylation sites (tertiary alicyclic amines) is 1. The van der Waals surface area contributed by atoms with Crippen LogP contribution < -0.4 is 5.32 Å². The molecule has 1 aliphatic heterocycles. The van der Waals surface area contributed by atoms with Crippen molar-refractivity contribution in [2.45, 2.75) is 32.7 Å². The highest BCUT2D eigenvalue weighted by Crippen LogP contribution is 2.21. The molecule has 0 radical (unpaired) electrons. The zero-order chi connectivity index (χ0) is 18.5. The molecule has 2 heterocycles. The fraction of sp³-hybridized carbons (Fsp3) is 0.421. The van der Waals surface area contributed by atoms with E-state index in [2.05, 4.69) is 10.4 Å². The van der Waals surface area contributed by atoms with Crippen molar-refractivity contribution >= 4 is 23.4 Å². The Bertz CT molecular complexity index is 782. The number of amides is 2. The van der Waals surface area contributed by atoms with Crippen LogP contribution in [0.2, 0.25) is 5.15 Å². The van der Waals surface area contributed by atoms with Crippen LogP contribution in [0, 0.1) is 6.92 Å². The fourth-order valence-electron chi connectivity index (χ4n) is 3.17. The van der Waals surface area contributed by atoms with Crippen molar-refractivity contribution in [2.24, 2.45) is 0 Å². The van der Waals surface area contributed by atoms with Gasteiger partial charge in [-0.1, -0.05) is 41.9 Å². The van der Waals surface area contributed by atoms with Crippen LogP contribution in [0.25, 0.3) is 0 Å². The highest BCUT2D eigenvalue weighted by molar-refractivity contribution is 6.33. The molecule has 0 atom stereocenters. The second kappa shape index (κ2) is 8.36. The van der Waals surface area contributed by atoms with Gasteiger partial charge in [0.05, 0.1) is 17.8 Å². The lowest BCUT2D eigenvalue weighted by Gasteiger charge is -2.15. The van der Waals surface area contributed by atoms with Gasteiger partial charge in [-0.05, 0) is 25.3 Å². The Morgan fingerprint density at radius 1 is 1.19 bits per heavy atom. The maximum absolute atomic E-state index is 12.5. The van der Waals surface area contributed by atoms with Crippen LogP contribution in [0.4, 0.5) is 0 Å². The summed E-state index contributed by atoms with van der Waals surface area (Å²) < 4.78 is 1.62. The van der Waals surface area contributed by atoms with Gasteiger partial charge in [0.25, 0.3) is 5.91 Å². The normalized spacial score (nSPS) is 13.8. The van der Waals surface area contributed by atoms with E-state index in [1.165, 1.54) is 0 Å². The molecule has 1 aromatic heterocycles. The molecule has 0 aliphatic carbocycles. The van der Waals surface area contributed by atoms with Gasteiger partial charge in [-0.3, -0.25) is 9.59 Å². The van der Waals surface area contributed by atoms with E-state index in [4.69, 9.17) is 11.6 Å². The molecular formula is C19H23ClN4O2. The van der Waals surface area contributed by atoms with E-state index in [1.54, 1.807) is 11.6 Å². The molecule has 1 aromatic carbocycles. The molecule has 1 saturated heterocycles. The number of rotatable bonds is 6. The number of carbonyl (C=O) groups is 2. The summed E-state index contributed by atoms with van der Waals surface area (Å²) in [5.41, 5.74) is 2.01. The number of nitrogens with one attached hydrogen (secondary N) is 1. The predicted octanol–water partition coefficient (Wildman–Crippen LogP) is 2.64. The van der Waals surface area contributed by atoms with Crippen molar-refractivity contribution < 1.29 is 9.59 Å². The molecule has 138 valence electrons. The number of benzene rings is 1. The first kappa shape index (κ1) is 18.5. The minimum absolute atomic E-state index is 0.0883. The van der Waals surface area contributed by atoms with Crippen LogP contribution in [0.15, 0.2) is 30.3 Å². The van der Waals surface area contributed by atoms with Gasteiger partial charge in [0.15, 0.2) is 0 Å². The highest BCUT2D eigenvalue weighted by atomic mass is 35.5. The molecule has 2 amide bonds. The Balaban J connectivity index is 1.59.